The van der Waals surface area contributed by atoms with Crippen molar-refractivity contribution in [2.75, 3.05) is 19.1 Å². The number of methoxy groups -OCH3 is 2. The molecular formula is C25H20FNO4. The average Bonchev–Trinajstić information content (AvgIpc) is 2.82. The normalized spacial score (nSPS) is 14.1. The Morgan fingerprint density at radius 1 is 0.806 bits per heavy atom. The van der Waals surface area contributed by atoms with Gasteiger partial charge in [-0.25, -0.2) is 14.0 Å². The van der Waals surface area contributed by atoms with Gasteiger partial charge in [0.1, 0.15) is 5.82 Å². The number of nitrogens with zero attached hydrogens (tertiary/aromatic N) is 1. The zero-order valence-electron chi connectivity index (χ0n) is 17.0. The molecule has 0 N–H and O–H groups in total. The van der Waals surface area contributed by atoms with Gasteiger partial charge in [0, 0.05) is 18.1 Å². The van der Waals surface area contributed by atoms with Gasteiger partial charge in [0.15, 0.2) is 0 Å². The van der Waals surface area contributed by atoms with E-state index in [1.54, 1.807) is 29.4 Å². The Balaban J connectivity index is 1.94. The number of esters is 2. The lowest BCUT2D eigenvalue weighted by Crippen LogP contribution is -2.28. The number of carbonyl (C=O) groups excluding carboxylic acids is 2. The van der Waals surface area contributed by atoms with Crippen molar-refractivity contribution in [2.24, 2.45) is 0 Å². The van der Waals surface area contributed by atoms with Gasteiger partial charge in [0.05, 0.1) is 31.3 Å². The van der Waals surface area contributed by atoms with Crippen LogP contribution in [-0.4, -0.2) is 26.2 Å². The van der Waals surface area contributed by atoms with Gasteiger partial charge in [-0.05, 0) is 40.6 Å². The quantitative estimate of drug-likeness (QED) is 0.576. The molecule has 31 heavy (non-hydrogen) atoms. The fraction of sp³-hybridized carbons (Fsp3) is 0.120. The van der Waals surface area contributed by atoms with Crippen molar-refractivity contribution < 1.29 is 23.5 Å². The second-order valence-electron chi connectivity index (χ2n) is 7.04. The van der Waals surface area contributed by atoms with Crippen molar-refractivity contribution in [2.45, 2.75) is 5.92 Å². The van der Waals surface area contributed by atoms with Crippen LogP contribution in [0.5, 0.6) is 0 Å². The van der Waals surface area contributed by atoms with E-state index >= 15 is 0 Å². The van der Waals surface area contributed by atoms with Gasteiger partial charge in [-0.1, -0.05) is 42.5 Å². The van der Waals surface area contributed by atoms with Crippen LogP contribution in [0.1, 0.15) is 11.5 Å². The molecule has 6 heteroatoms. The number of carbonyl (C=O) groups is 2. The molecule has 0 atom stereocenters. The highest BCUT2D eigenvalue weighted by Crippen LogP contribution is 2.41. The zero-order chi connectivity index (χ0) is 22.0. The number of hydrogen-bond acceptors (Lipinski definition) is 5. The molecule has 0 aliphatic carbocycles. The van der Waals surface area contributed by atoms with Crippen LogP contribution in [0.15, 0.2) is 90.3 Å². The van der Waals surface area contributed by atoms with Gasteiger partial charge in [-0.3, -0.25) is 0 Å². The van der Waals surface area contributed by atoms with E-state index in [9.17, 15) is 14.0 Å². The van der Waals surface area contributed by atoms with E-state index in [2.05, 4.69) is 0 Å². The number of ether oxygens (including phenoxy) is 2. The van der Waals surface area contributed by atoms with Crippen molar-refractivity contribution in [1.82, 2.24) is 0 Å². The second-order valence-corrected chi connectivity index (χ2v) is 7.04. The van der Waals surface area contributed by atoms with Gasteiger partial charge in [0.2, 0.25) is 0 Å². The maximum atomic E-state index is 13.4. The van der Waals surface area contributed by atoms with Crippen LogP contribution in [-0.2, 0) is 19.1 Å². The summed E-state index contributed by atoms with van der Waals surface area (Å²) >= 11 is 0. The third-order valence-electron chi connectivity index (χ3n) is 5.28. The Labute approximate surface area is 179 Å². The molecule has 156 valence electrons. The summed E-state index contributed by atoms with van der Waals surface area (Å²) in [5.41, 5.74) is 1.91. The van der Waals surface area contributed by atoms with Gasteiger partial charge < -0.3 is 14.4 Å². The first-order valence-corrected chi connectivity index (χ1v) is 9.65. The van der Waals surface area contributed by atoms with Crippen molar-refractivity contribution in [3.8, 4) is 0 Å². The molecule has 1 aliphatic heterocycles. The van der Waals surface area contributed by atoms with Gasteiger partial charge >= 0.3 is 11.9 Å². The number of anilines is 1. The summed E-state index contributed by atoms with van der Waals surface area (Å²) in [6.07, 6.45) is 3.22. The molecule has 0 spiro atoms. The lowest BCUT2D eigenvalue weighted by Gasteiger charge is -2.30. The Morgan fingerprint density at radius 3 is 2.00 bits per heavy atom. The molecule has 3 aromatic carbocycles. The summed E-state index contributed by atoms with van der Waals surface area (Å²) in [7, 11) is 2.59. The zero-order valence-corrected chi connectivity index (χ0v) is 17.0. The summed E-state index contributed by atoms with van der Waals surface area (Å²) in [6, 6.07) is 19.2. The van der Waals surface area contributed by atoms with Gasteiger partial charge in [-0.2, -0.15) is 0 Å². The highest BCUT2D eigenvalue weighted by atomic mass is 19.1. The van der Waals surface area contributed by atoms with Crippen molar-refractivity contribution in [3.63, 3.8) is 0 Å². The lowest BCUT2D eigenvalue weighted by atomic mass is 9.81. The molecule has 0 saturated heterocycles. The molecule has 0 unspecified atom stereocenters. The summed E-state index contributed by atoms with van der Waals surface area (Å²) < 4.78 is 23.5. The van der Waals surface area contributed by atoms with Crippen molar-refractivity contribution in [3.05, 3.63) is 102 Å². The van der Waals surface area contributed by atoms with Gasteiger partial charge in [0.25, 0.3) is 0 Å². The molecule has 0 aromatic heterocycles. The smallest absolute Gasteiger partial charge is 0.336 e. The molecule has 0 bridgehead atoms. The van der Waals surface area contributed by atoms with E-state index in [-0.39, 0.29) is 17.0 Å². The van der Waals surface area contributed by atoms with Crippen LogP contribution in [0.25, 0.3) is 10.8 Å². The Kier molecular flexibility index (Phi) is 5.54. The summed E-state index contributed by atoms with van der Waals surface area (Å²) in [6.45, 7) is 0. The molecule has 3 aromatic rings. The molecule has 5 nitrogen and oxygen atoms in total. The Morgan fingerprint density at radius 2 is 1.39 bits per heavy atom. The van der Waals surface area contributed by atoms with Crippen molar-refractivity contribution >= 4 is 28.4 Å². The molecule has 4 rings (SSSR count). The van der Waals surface area contributed by atoms with Crippen LogP contribution in [0, 0.1) is 5.82 Å². The Hall–Kier alpha value is -3.93. The maximum absolute atomic E-state index is 13.4. The van der Waals surface area contributed by atoms with Crippen LogP contribution in [0.4, 0.5) is 10.1 Å². The van der Waals surface area contributed by atoms with Crippen LogP contribution < -0.4 is 4.90 Å². The predicted molar refractivity (Wildman–Crippen MR) is 116 cm³/mol. The predicted octanol–water partition coefficient (Wildman–Crippen LogP) is 4.70. The maximum Gasteiger partial charge on any atom is 0.336 e. The van der Waals surface area contributed by atoms with E-state index in [1.807, 2.05) is 42.5 Å². The highest BCUT2D eigenvalue weighted by Gasteiger charge is 2.36. The topological polar surface area (TPSA) is 55.8 Å². The van der Waals surface area contributed by atoms with E-state index in [1.165, 1.54) is 26.4 Å². The minimum Gasteiger partial charge on any atom is -0.466 e. The monoisotopic (exact) mass is 417 g/mol. The molecule has 0 amide bonds. The summed E-state index contributed by atoms with van der Waals surface area (Å²) in [5, 5.41) is 1.89. The number of benzene rings is 3. The van der Waals surface area contributed by atoms with Crippen LogP contribution in [0.2, 0.25) is 0 Å². The van der Waals surface area contributed by atoms with E-state index in [4.69, 9.17) is 9.47 Å². The van der Waals surface area contributed by atoms with E-state index in [0.29, 0.717) is 5.69 Å². The number of rotatable bonds is 4. The minimum absolute atomic E-state index is 0.270. The van der Waals surface area contributed by atoms with Gasteiger partial charge in [-0.15, -0.1) is 0 Å². The summed E-state index contributed by atoms with van der Waals surface area (Å²) in [5.74, 6) is -2.22. The Bertz CT molecular complexity index is 1170. The van der Waals surface area contributed by atoms with Crippen LogP contribution >= 0.6 is 0 Å². The highest BCUT2D eigenvalue weighted by molar-refractivity contribution is 6.02. The SMILES string of the molecule is COC(=O)C1=CN(c2ccc(F)cc2)C=C(C(=O)OC)C1c1cccc2ccccc12. The first-order chi connectivity index (χ1) is 15.0. The average molecular weight is 417 g/mol. The van der Waals surface area contributed by atoms with Crippen LogP contribution in [0.3, 0.4) is 0 Å². The third kappa shape index (κ3) is 3.80. The fourth-order valence-electron chi connectivity index (χ4n) is 3.83. The molecule has 1 heterocycles. The number of fused-ring (bicyclic) bond motifs is 1. The lowest BCUT2D eigenvalue weighted by molar-refractivity contribution is -0.137. The summed E-state index contributed by atoms with van der Waals surface area (Å²) in [4.78, 5) is 27.2. The first-order valence-electron chi connectivity index (χ1n) is 9.65. The van der Waals surface area contributed by atoms with E-state index in [0.717, 1.165) is 16.3 Å². The molecule has 0 fully saturated rings. The number of hydrogen-bond donors (Lipinski definition) is 0. The minimum atomic E-state index is -0.692. The largest absolute Gasteiger partial charge is 0.466 e. The van der Waals surface area contributed by atoms with E-state index < -0.39 is 17.9 Å². The standard InChI is InChI=1S/C25H20FNO4/c1-30-24(28)21-14-27(18-12-10-17(26)11-13-18)15-22(25(29)31-2)23(21)20-9-5-7-16-6-3-4-8-19(16)20/h3-15,23H,1-2H3. The first kappa shape index (κ1) is 20.3. The molecule has 1 aliphatic rings. The second kappa shape index (κ2) is 8.44. The third-order valence-corrected chi connectivity index (χ3v) is 5.28. The van der Waals surface area contributed by atoms with Crippen molar-refractivity contribution in [1.29, 1.82) is 0 Å². The number of halogens is 1. The molecule has 0 saturated carbocycles. The molecule has 0 radical (unpaired) electrons. The fourth-order valence-corrected chi connectivity index (χ4v) is 3.83. The molecular weight excluding hydrogens is 397 g/mol.